The lowest BCUT2D eigenvalue weighted by atomic mass is 9.99. The molecule has 9 nitrogen and oxygen atoms in total. The molecular weight excluding hydrogens is 506 g/mol. The van der Waals surface area contributed by atoms with Gasteiger partial charge in [0.15, 0.2) is 11.5 Å². The molecule has 2 aliphatic heterocycles. The zero-order valence-corrected chi connectivity index (χ0v) is 23.1. The quantitative estimate of drug-likeness (QED) is 0.363. The molecule has 1 N–H and O–H groups in total. The van der Waals surface area contributed by atoms with E-state index in [9.17, 15) is 4.79 Å². The van der Waals surface area contributed by atoms with Crippen molar-refractivity contribution in [3.8, 4) is 22.8 Å². The molecule has 0 atom stereocenters. The van der Waals surface area contributed by atoms with Gasteiger partial charge >= 0.3 is 0 Å². The number of nitrogens with zero attached hydrogens (tertiary/aromatic N) is 4. The van der Waals surface area contributed by atoms with Gasteiger partial charge in [0.1, 0.15) is 5.65 Å². The fourth-order valence-electron chi connectivity index (χ4n) is 5.59. The number of nitrogens with one attached hydrogen (secondary N) is 1. The maximum atomic E-state index is 12.9. The number of methoxy groups -OCH3 is 2. The summed E-state index contributed by atoms with van der Waals surface area (Å²) < 4.78 is 18.6. The Morgan fingerprint density at radius 1 is 0.950 bits per heavy atom. The smallest absolute Gasteiger partial charge is 0.238 e. The molecule has 0 saturated carbocycles. The molecule has 2 aromatic carbocycles. The zero-order valence-electron chi connectivity index (χ0n) is 23.1. The minimum atomic E-state index is -0.0302. The number of pyridine rings is 1. The van der Waals surface area contributed by atoms with Gasteiger partial charge in [-0.3, -0.25) is 14.6 Å². The van der Waals surface area contributed by atoms with Gasteiger partial charge in [-0.25, -0.2) is 4.98 Å². The van der Waals surface area contributed by atoms with E-state index in [0.717, 1.165) is 79.8 Å². The number of carbonyl (C=O) groups excluding carboxylic acids is 1. The van der Waals surface area contributed by atoms with Crippen molar-refractivity contribution in [2.45, 2.75) is 19.5 Å². The van der Waals surface area contributed by atoms with Gasteiger partial charge in [0.2, 0.25) is 5.91 Å². The SMILES string of the molecule is COc1cc2c(cc1OC)CN(CC(=O)Nc1ccc(-c3nc4ccccn4c3CN3CCOCC3)cc1)CC2. The molecule has 4 heterocycles. The lowest BCUT2D eigenvalue weighted by Gasteiger charge is -2.29. The summed E-state index contributed by atoms with van der Waals surface area (Å²) in [6, 6.07) is 18.1. The summed E-state index contributed by atoms with van der Waals surface area (Å²) in [5.74, 6) is 1.43. The van der Waals surface area contributed by atoms with E-state index in [2.05, 4.69) is 25.7 Å². The van der Waals surface area contributed by atoms with E-state index < -0.39 is 0 Å². The molecule has 0 aliphatic carbocycles. The molecule has 9 heteroatoms. The van der Waals surface area contributed by atoms with Crippen molar-refractivity contribution in [1.29, 1.82) is 0 Å². The van der Waals surface area contributed by atoms with E-state index in [4.69, 9.17) is 19.2 Å². The Bertz CT molecular complexity index is 1490. The van der Waals surface area contributed by atoms with Crippen LogP contribution in [0.2, 0.25) is 0 Å². The van der Waals surface area contributed by atoms with Crippen molar-refractivity contribution in [2.75, 3.05) is 58.9 Å². The first-order valence-corrected chi connectivity index (χ1v) is 13.7. The molecule has 0 unspecified atom stereocenters. The monoisotopic (exact) mass is 541 g/mol. The Labute approximate surface area is 234 Å². The average Bonchev–Trinajstić information content (AvgIpc) is 3.35. The van der Waals surface area contributed by atoms with Gasteiger partial charge in [0.25, 0.3) is 0 Å². The number of fused-ring (bicyclic) bond motifs is 2. The summed E-state index contributed by atoms with van der Waals surface area (Å²) in [4.78, 5) is 22.5. The molecule has 208 valence electrons. The summed E-state index contributed by atoms with van der Waals surface area (Å²) in [6.07, 6.45) is 2.94. The number of rotatable bonds is 8. The predicted octanol–water partition coefficient (Wildman–Crippen LogP) is 3.85. The standard InChI is InChI=1S/C31H35N5O4/c1-38-27-17-23-10-12-35(19-24(23)18-28(27)39-2)21-30(37)32-25-8-6-22(7-9-25)31-26(20-34-13-15-40-16-14-34)36-11-4-3-5-29(36)33-31/h3-9,11,17-18H,10,12-16,19-21H2,1-2H3,(H,32,37). The van der Waals surface area contributed by atoms with Crippen molar-refractivity contribution in [1.82, 2.24) is 19.2 Å². The molecule has 0 bridgehead atoms. The number of anilines is 1. The second-order valence-electron chi connectivity index (χ2n) is 10.3. The number of hydrogen-bond acceptors (Lipinski definition) is 7. The van der Waals surface area contributed by atoms with Gasteiger partial charge in [0.05, 0.1) is 45.4 Å². The molecule has 4 aromatic rings. The fraction of sp³-hybridized carbons (Fsp3) is 0.355. The first-order valence-electron chi connectivity index (χ1n) is 13.7. The molecule has 2 aliphatic rings. The molecule has 2 aromatic heterocycles. The van der Waals surface area contributed by atoms with Crippen LogP contribution in [0.1, 0.15) is 16.8 Å². The lowest BCUT2D eigenvalue weighted by molar-refractivity contribution is -0.117. The van der Waals surface area contributed by atoms with Crippen LogP contribution >= 0.6 is 0 Å². The predicted molar refractivity (Wildman–Crippen MR) is 154 cm³/mol. The summed E-state index contributed by atoms with van der Waals surface area (Å²) in [5.41, 5.74) is 7.27. The van der Waals surface area contributed by atoms with Crippen LogP contribution < -0.4 is 14.8 Å². The van der Waals surface area contributed by atoms with Crippen LogP contribution in [-0.2, 0) is 29.0 Å². The maximum Gasteiger partial charge on any atom is 0.238 e. The molecule has 1 fully saturated rings. The van der Waals surface area contributed by atoms with Gasteiger partial charge in [-0.1, -0.05) is 18.2 Å². The number of benzene rings is 2. The maximum absolute atomic E-state index is 12.9. The first kappa shape index (κ1) is 26.3. The van der Waals surface area contributed by atoms with Gasteiger partial charge in [-0.05, 0) is 53.9 Å². The Hall–Kier alpha value is -3.92. The number of imidazole rings is 1. The number of ether oxygens (including phenoxy) is 3. The largest absolute Gasteiger partial charge is 0.493 e. The Balaban J connectivity index is 1.13. The van der Waals surface area contributed by atoms with Crippen LogP contribution in [0.4, 0.5) is 5.69 Å². The highest BCUT2D eigenvalue weighted by Gasteiger charge is 2.22. The summed E-state index contributed by atoms with van der Waals surface area (Å²) in [5, 5.41) is 3.07. The Kier molecular flexibility index (Phi) is 7.68. The molecule has 0 radical (unpaired) electrons. The van der Waals surface area contributed by atoms with Crippen molar-refractivity contribution >= 4 is 17.2 Å². The van der Waals surface area contributed by atoms with E-state index >= 15 is 0 Å². The van der Waals surface area contributed by atoms with E-state index in [0.29, 0.717) is 18.8 Å². The molecule has 1 saturated heterocycles. The van der Waals surface area contributed by atoms with Crippen LogP contribution in [-0.4, -0.2) is 78.7 Å². The third-order valence-corrected chi connectivity index (χ3v) is 7.71. The van der Waals surface area contributed by atoms with Gasteiger partial charge in [-0.15, -0.1) is 0 Å². The van der Waals surface area contributed by atoms with Crippen LogP contribution in [0, 0.1) is 0 Å². The van der Waals surface area contributed by atoms with Crippen molar-refractivity contribution in [3.63, 3.8) is 0 Å². The Morgan fingerprint density at radius 2 is 1.70 bits per heavy atom. The van der Waals surface area contributed by atoms with E-state index in [1.54, 1.807) is 14.2 Å². The fourth-order valence-corrected chi connectivity index (χ4v) is 5.59. The molecule has 1 amide bonds. The number of aromatic nitrogens is 2. The minimum absolute atomic E-state index is 0.0302. The first-order chi connectivity index (χ1) is 19.6. The van der Waals surface area contributed by atoms with Crippen molar-refractivity contribution < 1.29 is 19.0 Å². The molecule has 0 spiro atoms. The number of morpholine rings is 1. The van der Waals surface area contributed by atoms with E-state index in [-0.39, 0.29) is 5.91 Å². The highest BCUT2D eigenvalue weighted by molar-refractivity contribution is 5.92. The highest BCUT2D eigenvalue weighted by Crippen LogP contribution is 2.33. The van der Waals surface area contributed by atoms with Crippen LogP contribution in [0.5, 0.6) is 11.5 Å². The summed E-state index contributed by atoms with van der Waals surface area (Å²) >= 11 is 0. The third kappa shape index (κ3) is 5.54. The second-order valence-corrected chi connectivity index (χ2v) is 10.3. The molecular formula is C31H35N5O4. The van der Waals surface area contributed by atoms with Gasteiger partial charge in [-0.2, -0.15) is 0 Å². The highest BCUT2D eigenvalue weighted by atomic mass is 16.5. The average molecular weight is 542 g/mol. The Morgan fingerprint density at radius 3 is 2.45 bits per heavy atom. The molecule has 6 rings (SSSR count). The van der Waals surface area contributed by atoms with Crippen LogP contribution in [0.3, 0.4) is 0 Å². The summed E-state index contributed by atoms with van der Waals surface area (Å²) in [6.45, 7) is 5.98. The van der Waals surface area contributed by atoms with Crippen molar-refractivity contribution in [3.05, 3.63) is 77.6 Å². The van der Waals surface area contributed by atoms with Gasteiger partial charge in [0, 0.05) is 50.2 Å². The third-order valence-electron chi connectivity index (χ3n) is 7.71. The summed E-state index contributed by atoms with van der Waals surface area (Å²) in [7, 11) is 3.29. The number of carbonyl (C=O) groups is 1. The second kappa shape index (κ2) is 11.7. The number of amides is 1. The lowest BCUT2D eigenvalue weighted by Crippen LogP contribution is -2.37. The van der Waals surface area contributed by atoms with E-state index in [1.807, 2.05) is 54.6 Å². The van der Waals surface area contributed by atoms with Crippen LogP contribution in [0.15, 0.2) is 60.8 Å². The van der Waals surface area contributed by atoms with Crippen molar-refractivity contribution in [2.24, 2.45) is 0 Å². The van der Waals surface area contributed by atoms with Gasteiger partial charge < -0.3 is 23.9 Å². The topological polar surface area (TPSA) is 80.6 Å². The zero-order chi connectivity index (χ0) is 27.5. The van der Waals surface area contributed by atoms with E-state index in [1.165, 1.54) is 11.1 Å². The number of hydrogen-bond donors (Lipinski definition) is 1. The normalized spacial score (nSPS) is 16.1. The van der Waals surface area contributed by atoms with Crippen LogP contribution in [0.25, 0.3) is 16.9 Å². The molecule has 40 heavy (non-hydrogen) atoms. The minimum Gasteiger partial charge on any atom is -0.493 e.